The lowest BCUT2D eigenvalue weighted by molar-refractivity contribution is 0.373. The molecule has 0 radical (unpaired) electrons. The maximum atomic E-state index is 13.5. The normalized spacial score (nSPS) is 11.1. The second-order valence-corrected chi connectivity index (χ2v) is 3.70. The zero-order valence-electron chi connectivity index (χ0n) is 9.65. The zero-order chi connectivity index (χ0) is 14.2. The highest BCUT2D eigenvalue weighted by Crippen LogP contribution is 2.25. The number of nitrogens with one attached hydrogen (secondary N) is 1. The van der Waals surface area contributed by atoms with Crippen molar-refractivity contribution in [1.29, 1.82) is 0 Å². The van der Waals surface area contributed by atoms with E-state index in [9.17, 15) is 22.0 Å². The molecule has 1 aromatic heterocycles. The molecule has 0 fully saturated rings. The van der Waals surface area contributed by atoms with Crippen molar-refractivity contribution in [2.24, 2.45) is 0 Å². The molecule has 0 atom stereocenters. The summed E-state index contributed by atoms with van der Waals surface area (Å²) >= 11 is 0. The van der Waals surface area contributed by atoms with E-state index in [1.165, 1.54) is 6.07 Å². The van der Waals surface area contributed by atoms with Crippen molar-refractivity contribution in [3.8, 4) is 5.69 Å². The maximum Gasteiger partial charge on any atom is 0.200 e. The fraction of sp³-hybridized carbons (Fsp3) is 0.182. The van der Waals surface area contributed by atoms with Crippen LogP contribution in [0.3, 0.4) is 0 Å². The smallest absolute Gasteiger partial charge is 0.200 e. The van der Waals surface area contributed by atoms with E-state index in [4.69, 9.17) is 0 Å². The summed E-state index contributed by atoms with van der Waals surface area (Å²) in [5.74, 6) is -10.0. The average Bonchev–Trinajstić information content (AvgIpc) is 2.83. The lowest BCUT2D eigenvalue weighted by Crippen LogP contribution is -2.11. The summed E-state index contributed by atoms with van der Waals surface area (Å²) in [6.07, 6.45) is 1.12. The Balaban J connectivity index is 2.61. The Labute approximate surface area is 104 Å². The highest BCUT2D eigenvalue weighted by atomic mass is 19.2. The Morgan fingerprint density at radius 3 is 2.05 bits per heavy atom. The number of nitrogens with zero attached hydrogens (tertiary/aromatic N) is 2. The van der Waals surface area contributed by atoms with E-state index in [1.54, 1.807) is 7.05 Å². The van der Waals surface area contributed by atoms with Crippen molar-refractivity contribution in [1.82, 2.24) is 15.1 Å². The van der Waals surface area contributed by atoms with Crippen LogP contribution in [0.25, 0.3) is 5.69 Å². The Hall–Kier alpha value is -1.96. The van der Waals surface area contributed by atoms with Gasteiger partial charge >= 0.3 is 0 Å². The minimum Gasteiger partial charge on any atom is -0.314 e. The van der Waals surface area contributed by atoms with Gasteiger partial charge in [-0.25, -0.2) is 26.6 Å². The molecule has 0 saturated carbocycles. The van der Waals surface area contributed by atoms with Crippen molar-refractivity contribution in [2.45, 2.75) is 6.54 Å². The third kappa shape index (κ3) is 2.19. The van der Waals surface area contributed by atoms with E-state index >= 15 is 0 Å². The predicted octanol–water partition coefficient (Wildman–Crippen LogP) is 2.29. The molecule has 0 bridgehead atoms. The first-order valence-corrected chi connectivity index (χ1v) is 5.18. The lowest BCUT2D eigenvalue weighted by Gasteiger charge is -2.07. The molecule has 0 aliphatic rings. The van der Waals surface area contributed by atoms with E-state index in [2.05, 4.69) is 10.4 Å². The van der Waals surface area contributed by atoms with Crippen LogP contribution < -0.4 is 5.32 Å². The lowest BCUT2D eigenvalue weighted by atomic mass is 10.2. The molecular formula is C11H8F5N3. The minimum absolute atomic E-state index is 0.294. The van der Waals surface area contributed by atoms with Crippen LogP contribution in [0.4, 0.5) is 22.0 Å². The van der Waals surface area contributed by atoms with E-state index in [0.717, 1.165) is 6.20 Å². The van der Waals surface area contributed by atoms with Crippen molar-refractivity contribution in [3.63, 3.8) is 0 Å². The monoisotopic (exact) mass is 277 g/mol. The quantitative estimate of drug-likeness (QED) is 0.530. The standard InChI is InChI=1S/C11H8F5N3/c1-17-4-5-2-3-19(18-5)11-9(15)7(13)6(12)8(14)10(11)16/h2-3,17H,4H2,1H3. The average molecular weight is 277 g/mol. The SMILES string of the molecule is CNCc1ccn(-c2c(F)c(F)c(F)c(F)c2F)n1. The van der Waals surface area contributed by atoms with Crippen LogP contribution in [0.1, 0.15) is 5.69 Å². The Morgan fingerprint density at radius 1 is 1.00 bits per heavy atom. The molecule has 0 aliphatic carbocycles. The molecule has 102 valence electrons. The molecule has 1 heterocycles. The van der Waals surface area contributed by atoms with Gasteiger partial charge in [0.1, 0.15) is 5.69 Å². The summed E-state index contributed by atoms with van der Waals surface area (Å²) < 4.78 is 66.5. The Morgan fingerprint density at radius 2 is 1.53 bits per heavy atom. The van der Waals surface area contributed by atoms with Crippen LogP contribution in [0.2, 0.25) is 0 Å². The van der Waals surface area contributed by atoms with Crippen LogP contribution >= 0.6 is 0 Å². The molecule has 2 aromatic rings. The van der Waals surface area contributed by atoms with Gasteiger partial charge in [-0.3, -0.25) is 0 Å². The summed E-state index contributed by atoms with van der Waals surface area (Å²) in [4.78, 5) is 0. The van der Waals surface area contributed by atoms with Gasteiger partial charge in [-0.1, -0.05) is 0 Å². The van der Waals surface area contributed by atoms with Gasteiger partial charge in [-0.2, -0.15) is 5.10 Å². The first kappa shape index (κ1) is 13.5. The van der Waals surface area contributed by atoms with Gasteiger partial charge in [0.05, 0.1) is 5.69 Å². The van der Waals surface area contributed by atoms with Gasteiger partial charge in [0.2, 0.25) is 5.82 Å². The summed E-state index contributed by atoms with van der Waals surface area (Å²) in [5.41, 5.74) is -0.704. The first-order valence-electron chi connectivity index (χ1n) is 5.18. The van der Waals surface area contributed by atoms with E-state index in [-0.39, 0.29) is 0 Å². The Bertz CT molecular complexity index is 594. The third-order valence-corrected chi connectivity index (χ3v) is 2.42. The van der Waals surface area contributed by atoms with Gasteiger partial charge in [0.15, 0.2) is 23.3 Å². The predicted molar refractivity (Wildman–Crippen MR) is 56.1 cm³/mol. The van der Waals surface area contributed by atoms with Crippen molar-refractivity contribution in [2.75, 3.05) is 7.05 Å². The number of benzene rings is 1. The molecule has 8 heteroatoms. The first-order chi connectivity index (χ1) is 8.97. The fourth-order valence-electron chi connectivity index (χ4n) is 1.56. The number of hydrogen-bond acceptors (Lipinski definition) is 2. The second-order valence-electron chi connectivity index (χ2n) is 3.70. The van der Waals surface area contributed by atoms with Gasteiger partial charge in [-0.15, -0.1) is 0 Å². The van der Waals surface area contributed by atoms with Gasteiger partial charge in [0.25, 0.3) is 0 Å². The van der Waals surface area contributed by atoms with E-state index < -0.39 is 34.8 Å². The van der Waals surface area contributed by atoms with Crippen LogP contribution in [-0.4, -0.2) is 16.8 Å². The minimum atomic E-state index is -2.19. The zero-order valence-corrected chi connectivity index (χ0v) is 9.65. The van der Waals surface area contributed by atoms with Crippen LogP contribution in [0.15, 0.2) is 12.3 Å². The summed E-state index contributed by atoms with van der Waals surface area (Å²) in [6.45, 7) is 0.294. The molecule has 1 N–H and O–H groups in total. The van der Waals surface area contributed by atoms with Crippen molar-refractivity contribution < 1.29 is 22.0 Å². The highest BCUT2D eigenvalue weighted by molar-refractivity contribution is 5.37. The molecule has 3 nitrogen and oxygen atoms in total. The number of halogens is 5. The molecule has 19 heavy (non-hydrogen) atoms. The van der Waals surface area contributed by atoms with Crippen LogP contribution in [0, 0.1) is 29.1 Å². The molecule has 1 aromatic carbocycles. The van der Waals surface area contributed by atoms with Gasteiger partial charge < -0.3 is 5.32 Å². The summed E-state index contributed by atoms with van der Waals surface area (Å²) in [7, 11) is 1.62. The van der Waals surface area contributed by atoms with Crippen LogP contribution in [-0.2, 0) is 6.54 Å². The van der Waals surface area contributed by atoms with Crippen molar-refractivity contribution >= 4 is 0 Å². The topological polar surface area (TPSA) is 29.9 Å². The molecular weight excluding hydrogens is 269 g/mol. The molecule has 0 amide bonds. The fourth-order valence-corrected chi connectivity index (χ4v) is 1.56. The van der Waals surface area contributed by atoms with Crippen molar-refractivity contribution in [3.05, 3.63) is 47.0 Å². The van der Waals surface area contributed by atoms with E-state index in [1.807, 2.05) is 0 Å². The third-order valence-electron chi connectivity index (χ3n) is 2.42. The number of hydrogen-bond donors (Lipinski definition) is 1. The molecule has 0 saturated heterocycles. The number of rotatable bonds is 3. The summed E-state index contributed by atoms with van der Waals surface area (Å²) in [6, 6.07) is 1.40. The number of aromatic nitrogens is 2. The van der Waals surface area contributed by atoms with E-state index in [0.29, 0.717) is 16.9 Å². The molecule has 0 aliphatic heterocycles. The molecule has 2 rings (SSSR count). The van der Waals surface area contributed by atoms with Crippen LogP contribution in [0.5, 0.6) is 0 Å². The largest absolute Gasteiger partial charge is 0.314 e. The van der Waals surface area contributed by atoms with Gasteiger partial charge in [0, 0.05) is 12.7 Å². The summed E-state index contributed by atoms with van der Waals surface area (Å²) in [5, 5.41) is 6.46. The molecule has 0 unspecified atom stereocenters. The highest BCUT2D eigenvalue weighted by Gasteiger charge is 2.27. The second kappa shape index (κ2) is 4.96. The maximum absolute atomic E-state index is 13.5. The Kier molecular flexibility index (Phi) is 3.52. The molecule has 0 spiro atoms. The van der Waals surface area contributed by atoms with Gasteiger partial charge in [-0.05, 0) is 13.1 Å².